The van der Waals surface area contributed by atoms with Gasteiger partial charge in [0.05, 0.1) is 5.02 Å². The van der Waals surface area contributed by atoms with Crippen molar-refractivity contribution in [2.45, 2.75) is 13.0 Å². The Balaban J connectivity index is 1.80. The van der Waals surface area contributed by atoms with Crippen LogP contribution in [0, 0.1) is 0 Å². The predicted octanol–water partition coefficient (Wildman–Crippen LogP) is 3.34. The second-order valence-corrected chi connectivity index (χ2v) is 5.60. The van der Waals surface area contributed by atoms with Crippen molar-refractivity contribution < 1.29 is 19.1 Å². The number of ether oxygens (including phenoxy) is 2. The first-order valence-electron chi connectivity index (χ1n) is 6.94. The minimum absolute atomic E-state index is 0.308. The van der Waals surface area contributed by atoms with E-state index in [-0.39, 0.29) is 6.61 Å². The molecule has 1 amide bonds. The zero-order valence-electron chi connectivity index (χ0n) is 12.7. The third-order valence-corrected chi connectivity index (χ3v) is 3.27. The van der Waals surface area contributed by atoms with Gasteiger partial charge in [0.15, 0.2) is 12.7 Å². The molecule has 1 N–H and O–H groups in total. The number of aromatic nitrogens is 1. The molecule has 1 aromatic carbocycles. The van der Waals surface area contributed by atoms with E-state index in [9.17, 15) is 9.59 Å². The maximum absolute atomic E-state index is 11.9. The lowest BCUT2D eigenvalue weighted by Crippen LogP contribution is -2.31. The predicted molar refractivity (Wildman–Crippen MR) is 90.4 cm³/mol. The zero-order valence-corrected chi connectivity index (χ0v) is 14.2. The van der Waals surface area contributed by atoms with Gasteiger partial charge in [-0.3, -0.25) is 4.79 Å². The van der Waals surface area contributed by atoms with Crippen LogP contribution in [0.4, 0.5) is 5.82 Å². The first-order valence-corrected chi connectivity index (χ1v) is 7.70. The zero-order chi connectivity index (χ0) is 17.5. The lowest BCUT2D eigenvalue weighted by atomic mass is 10.3. The second kappa shape index (κ2) is 8.52. The minimum atomic E-state index is -1.00. The quantitative estimate of drug-likeness (QED) is 0.791. The fourth-order valence-electron chi connectivity index (χ4n) is 1.66. The van der Waals surface area contributed by atoms with Crippen LogP contribution in [-0.4, -0.2) is 29.6 Å². The molecule has 126 valence electrons. The van der Waals surface area contributed by atoms with E-state index in [0.29, 0.717) is 21.6 Å². The SMILES string of the molecule is C[C@@H](OC(=O)COc1cccc(Cl)c1)C(=O)Nc1ccc(Cl)cn1. The number of benzene rings is 1. The molecule has 1 atom stereocenters. The van der Waals surface area contributed by atoms with Crippen LogP contribution in [-0.2, 0) is 14.3 Å². The molecule has 0 saturated carbocycles. The van der Waals surface area contributed by atoms with Gasteiger partial charge in [0.25, 0.3) is 5.91 Å². The molecule has 2 aromatic rings. The Morgan fingerprint density at radius 1 is 1.21 bits per heavy atom. The summed E-state index contributed by atoms with van der Waals surface area (Å²) in [5, 5.41) is 3.45. The second-order valence-electron chi connectivity index (χ2n) is 4.73. The monoisotopic (exact) mass is 368 g/mol. The van der Waals surface area contributed by atoms with E-state index in [2.05, 4.69) is 10.3 Å². The van der Waals surface area contributed by atoms with E-state index in [1.54, 1.807) is 30.3 Å². The van der Waals surface area contributed by atoms with Gasteiger partial charge in [-0.2, -0.15) is 0 Å². The van der Waals surface area contributed by atoms with E-state index in [1.165, 1.54) is 19.2 Å². The summed E-state index contributed by atoms with van der Waals surface area (Å²) in [6.07, 6.45) is 0.394. The van der Waals surface area contributed by atoms with Crippen molar-refractivity contribution in [3.8, 4) is 5.75 Å². The number of carbonyl (C=O) groups excluding carboxylic acids is 2. The summed E-state index contributed by atoms with van der Waals surface area (Å²) < 4.78 is 10.2. The Kier molecular flexibility index (Phi) is 6.40. The van der Waals surface area contributed by atoms with Gasteiger partial charge in [-0.25, -0.2) is 9.78 Å². The Labute approximate surface area is 148 Å². The van der Waals surface area contributed by atoms with E-state index in [4.69, 9.17) is 32.7 Å². The Morgan fingerprint density at radius 3 is 2.67 bits per heavy atom. The van der Waals surface area contributed by atoms with Crippen LogP contribution in [0.1, 0.15) is 6.92 Å². The lowest BCUT2D eigenvalue weighted by molar-refractivity contribution is -0.155. The smallest absolute Gasteiger partial charge is 0.344 e. The van der Waals surface area contributed by atoms with Crippen LogP contribution in [0.25, 0.3) is 0 Å². The van der Waals surface area contributed by atoms with Crippen LogP contribution in [0.15, 0.2) is 42.6 Å². The molecule has 0 unspecified atom stereocenters. The molecule has 6 nitrogen and oxygen atoms in total. The van der Waals surface area contributed by atoms with E-state index in [1.807, 2.05) is 0 Å². The first-order chi connectivity index (χ1) is 11.4. The van der Waals surface area contributed by atoms with Crippen molar-refractivity contribution in [1.82, 2.24) is 4.98 Å². The molecule has 0 aliphatic rings. The summed E-state index contributed by atoms with van der Waals surface area (Å²) in [6.45, 7) is 1.11. The van der Waals surface area contributed by atoms with Gasteiger partial charge in [0.2, 0.25) is 0 Å². The number of nitrogens with one attached hydrogen (secondary N) is 1. The number of esters is 1. The number of anilines is 1. The summed E-state index contributed by atoms with van der Waals surface area (Å²) in [6, 6.07) is 9.72. The third-order valence-electron chi connectivity index (χ3n) is 2.81. The number of hydrogen-bond acceptors (Lipinski definition) is 5. The highest BCUT2D eigenvalue weighted by Gasteiger charge is 2.18. The van der Waals surface area contributed by atoms with E-state index in [0.717, 1.165) is 0 Å². The maximum Gasteiger partial charge on any atom is 0.344 e. The molecule has 0 spiro atoms. The molecule has 1 heterocycles. The highest BCUT2D eigenvalue weighted by Crippen LogP contribution is 2.17. The fourth-order valence-corrected chi connectivity index (χ4v) is 1.95. The molecule has 2 rings (SSSR count). The number of pyridine rings is 1. The normalized spacial score (nSPS) is 11.5. The number of rotatable bonds is 6. The summed E-state index contributed by atoms with van der Waals surface area (Å²) in [5.74, 6) is -0.452. The molecular weight excluding hydrogens is 355 g/mol. The summed E-state index contributed by atoms with van der Waals surface area (Å²) in [7, 11) is 0. The van der Waals surface area contributed by atoms with Gasteiger partial charge in [0, 0.05) is 11.2 Å². The molecular formula is C16H14Cl2N2O4. The van der Waals surface area contributed by atoms with Gasteiger partial charge in [0.1, 0.15) is 11.6 Å². The maximum atomic E-state index is 11.9. The van der Waals surface area contributed by atoms with Crippen LogP contribution in [0.2, 0.25) is 10.0 Å². The number of nitrogens with zero attached hydrogens (tertiary/aromatic N) is 1. The molecule has 8 heteroatoms. The molecule has 0 fully saturated rings. The van der Waals surface area contributed by atoms with Crippen molar-refractivity contribution in [3.05, 3.63) is 52.6 Å². The van der Waals surface area contributed by atoms with Gasteiger partial charge < -0.3 is 14.8 Å². The van der Waals surface area contributed by atoms with Gasteiger partial charge in [-0.15, -0.1) is 0 Å². The minimum Gasteiger partial charge on any atom is -0.482 e. The first kappa shape index (κ1) is 18.0. The highest BCUT2D eigenvalue weighted by atomic mass is 35.5. The van der Waals surface area contributed by atoms with Crippen LogP contribution >= 0.6 is 23.2 Å². The van der Waals surface area contributed by atoms with Crippen molar-refractivity contribution in [2.24, 2.45) is 0 Å². The number of amides is 1. The van der Waals surface area contributed by atoms with E-state index < -0.39 is 18.0 Å². The van der Waals surface area contributed by atoms with Crippen molar-refractivity contribution in [1.29, 1.82) is 0 Å². The van der Waals surface area contributed by atoms with Gasteiger partial charge >= 0.3 is 5.97 Å². The molecule has 0 aliphatic carbocycles. The number of hydrogen-bond donors (Lipinski definition) is 1. The Bertz CT molecular complexity index is 722. The fraction of sp³-hybridized carbons (Fsp3) is 0.188. The number of halogens is 2. The summed E-state index contributed by atoms with van der Waals surface area (Å²) in [5.41, 5.74) is 0. The average Bonchev–Trinajstić information content (AvgIpc) is 2.55. The van der Waals surface area contributed by atoms with Gasteiger partial charge in [-0.05, 0) is 37.3 Å². The largest absolute Gasteiger partial charge is 0.482 e. The molecule has 24 heavy (non-hydrogen) atoms. The molecule has 1 aromatic heterocycles. The molecule has 0 radical (unpaired) electrons. The van der Waals surface area contributed by atoms with Crippen LogP contribution in [0.5, 0.6) is 5.75 Å². The summed E-state index contributed by atoms with van der Waals surface area (Å²) >= 11 is 11.5. The third kappa shape index (κ3) is 5.72. The van der Waals surface area contributed by atoms with Crippen LogP contribution in [0.3, 0.4) is 0 Å². The average molecular weight is 369 g/mol. The highest BCUT2D eigenvalue weighted by molar-refractivity contribution is 6.30. The lowest BCUT2D eigenvalue weighted by Gasteiger charge is -2.13. The topological polar surface area (TPSA) is 77.5 Å². The van der Waals surface area contributed by atoms with Crippen LogP contribution < -0.4 is 10.1 Å². The van der Waals surface area contributed by atoms with Crippen molar-refractivity contribution in [3.63, 3.8) is 0 Å². The summed E-state index contributed by atoms with van der Waals surface area (Å²) in [4.78, 5) is 27.6. The van der Waals surface area contributed by atoms with Crippen molar-refractivity contribution >= 4 is 40.9 Å². The molecule has 0 bridgehead atoms. The molecule has 0 aliphatic heterocycles. The Morgan fingerprint density at radius 2 is 2.00 bits per heavy atom. The van der Waals surface area contributed by atoms with Gasteiger partial charge in [-0.1, -0.05) is 29.3 Å². The molecule has 0 saturated heterocycles. The Hall–Kier alpha value is -2.31. The number of carbonyl (C=O) groups is 2. The van der Waals surface area contributed by atoms with Crippen molar-refractivity contribution in [2.75, 3.05) is 11.9 Å². The standard InChI is InChI=1S/C16H14Cl2N2O4/c1-10(16(22)20-14-6-5-12(18)8-19-14)24-15(21)9-23-13-4-2-3-11(17)7-13/h2-8,10H,9H2,1H3,(H,19,20,22)/t10-/m1/s1. The van der Waals surface area contributed by atoms with E-state index >= 15 is 0 Å².